The van der Waals surface area contributed by atoms with E-state index in [9.17, 15) is 9.50 Å². The summed E-state index contributed by atoms with van der Waals surface area (Å²) in [6, 6.07) is 3.20. The molecular formula is C17H23ClFNO. The number of piperidine rings is 1. The van der Waals surface area contributed by atoms with E-state index >= 15 is 0 Å². The highest BCUT2D eigenvalue weighted by Gasteiger charge is 2.56. The highest BCUT2D eigenvalue weighted by atomic mass is 35.5. The molecule has 2 nitrogen and oxygen atoms in total. The number of aliphatic hydroxyl groups is 1. The van der Waals surface area contributed by atoms with Crippen molar-refractivity contribution in [3.63, 3.8) is 0 Å². The average molecular weight is 312 g/mol. The van der Waals surface area contributed by atoms with Gasteiger partial charge in [0.15, 0.2) is 0 Å². The number of halogens is 2. The van der Waals surface area contributed by atoms with E-state index in [-0.39, 0.29) is 16.4 Å². The molecule has 0 spiro atoms. The minimum atomic E-state index is -1.04. The molecule has 1 atom stereocenters. The van der Waals surface area contributed by atoms with E-state index in [0.29, 0.717) is 5.56 Å². The number of hydrogen-bond acceptors (Lipinski definition) is 2. The maximum Gasteiger partial charge on any atom is 0.142 e. The Morgan fingerprint density at radius 3 is 2.52 bits per heavy atom. The minimum absolute atomic E-state index is 0.111. The Morgan fingerprint density at radius 1 is 1.29 bits per heavy atom. The Kier molecular flexibility index (Phi) is 3.59. The zero-order valence-electron chi connectivity index (χ0n) is 12.9. The van der Waals surface area contributed by atoms with Crippen molar-refractivity contribution in [2.75, 3.05) is 20.1 Å². The van der Waals surface area contributed by atoms with Crippen LogP contribution in [0.1, 0.15) is 37.8 Å². The van der Waals surface area contributed by atoms with E-state index < -0.39 is 11.4 Å². The smallest absolute Gasteiger partial charge is 0.142 e. The van der Waals surface area contributed by atoms with Gasteiger partial charge in [-0.1, -0.05) is 31.5 Å². The van der Waals surface area contributed by atoms with Crippen LogP contribution in [-0.4, -0.2) is 30.1 Å². The predicted molar refractivity (Wildman–Crippen MR) is 83.0 cm³/mol. The van der Waals surface area contributed by atoms with Gasteiger partial charge in [0.25, 0.3) is 0 Å². The molecule has 116 valence electrons. The molecule has 21 heavy (non-hydrogen) atoms. The minimum Gasteiger partial charge on any atom is -0.384 e. The van der Waals surface area contributed by atoms with Crippen LogP contribution in [0, 0.1) is 17.2 Å². The van der Waals surface area contributed by atoms with Crippen LogP contribution in [0.5, 0.6) is 0 Å². The normalized spacial score (nSPS) is 29.6. The first-order valence-corrected chi connectivity index (χ1v) is 8.03. The molecule has 1 aromatic carbocycles. The molecule has 1 saturated heterocycles. The Hall–Kier alpha value is -0.640. The van der Waals surface area contributed by atoms with Crippen molar-refractivity contribution in [3.8, 4) is 0 Å². The number of nitrogens with zero attached hydrogens (tertiary/aromatic N) is 1. The lowest BCUT2D eigenvalue weighted by molar-refractivity contribution is -0.121. The van der Waals surface area contributed by atoms with Gasteiger partial charge in [-0.25, -0.2) is 4.39 Å². The van der Waals surface area contributed by atoms with Gasteiger partial charge in [0.2, 0.25) is 0 Å². The average Bonchev–Trinajstić information content (AvgIpc) is 2.63. The first-order chi connectivity index (χ1) is 9.77. The fourth-order valence-corrected chi connectivity index (χ4v) is 4.61. The summed E-state index contributed by atoms with van der Waals surface area (Å²) < 4.78 is 13.9. The van der Waals surface area contributed by atoms with Crippen LogP contribution in [-0.2, 0) is 12.0 Å². The Morgan fingerprint density at radius 2 is 1.90 bits per heavy atom. The van der Waals surface area contributed by atoms with Crippen LogP contribution >= 0.6 is 11.6 Å². The summed E-state index contributed by atoms with van der Waals surface area (Å²) in [4.78, 5) is 2.27. The maximum absolute atomic E-state index is 13.9. The molecule has 1 heterocycles. The van der Waals surface area contributed by atoms with E-state index in [1.165, 1.54) is 6.07 Å². The molecule has 2 aliphatic rings. The fraction of sp³-hybridized carbons (Fsp3) is 0.647. The second kappa shape index (κ2) is 4.94. The van der Waals surface area contributed by atoms with Crippen LogP contribution in [0.2, 0.25) is 5.02 Å². The Balaban J connectivity index is 2.10. The van der Waals surface area contributed by atoms with E-state index in [2.05, 4.69) is 25.8 Å². The molecule has 0 aromatic heterocycles. The highest BCUT2D eigenvalue weighted by molar-refractivity contribution is 6.31. The largest absolute Gasteiger partial charge is 0.384 e. The van der Waals surface area contributed by atoms with E-state index in [0.717, 1.165) is 37.9 Å². The third-order valence-corrected chi connectivity index (χ3v) is 5.91. The molecule has 0 amide bonds. The zero-order valence-corrected chi connectivity index (χ0v) is 13.7. The van der Waals surface area contributed by atoms with Gasteiger partial charge in [-0.3, -0.25) is 0 Å². The molecule has 0 radical (unpaired) electrons. The zero-order chi connectivity index (χ0) is 15.4. The lowest BCUT2D eigenvalue weighted by atomic mass is 9.65. The topological polar surface area (TPSA) is 23.5 Å². The standard InChI is InChI=1S/C17H23ClFNO/c1-16(2)10-11-4-5-13(19)15(18)14(11)17(16,21)12-6-8-20(3)9-7-12/h4-5,12,21H,6-10H2,1-3H3. The Bertz CT molecular complexity index is 566. The summed E-state index contributed by atoms with van der Waals surface area (Å²) in [6.45, 7) is 6.07. The van der Waals surface area contributed by atoms with Crippen molar-refractivity contribution in [3.05, 3.63) is 34.1 Å². The molecule has 1 fully saturated rings. The molecule has 1 unspecified atom stereocenters. The highest BCUT2D eigenvalue weighted by Crippen LogP contribution is 2.58. The molecule has 1 N–H and O–H groups in total. The van der Waals surface area contributed by atoms with E-state index in [4.69, 9.17) is 11.6 Å². The predicted octanol–water partition coefficient (Wildman–Crippen LogP) is 3.59. The molecule has 0 saturated carbocycles. The summed E-state index contributed by atoms with van der Waals surface area (Å²) in [5, 5.41) is 11.7. The molecule has 3 rings (SSSR count). The van der Waals surface area contributed by atoms with Crippen LogP contribution in [0.3, 0.4) is 0 Å². The van der Waals surface area contributed by atoms with Gasteiger partial charge < -0.3 is 10.0 Å². The summed E-state index contributed by atoms with van der Waals surface area (Å²) in [7, 11) is 2.10. The second-order valence-electron chi connectivity index (χ2n) is 7.30. The Labute approximate surface area is 130 Å². The molecule has 4 heteroatoms. The van der Waals surface area contributed by atoms with Crippen molar-refractivity contribution >= 4 is 11.6 Å². The van der Waals surface area contributed by atoms with Gasteiger partial charge in [0, 0.05) is 11.0 Å². The maximum atomic E-state index is 13.9. The molecule has 1 aromatic rings. The quantitative estimate of drug-likeness (QED) is 0.857. The first kappa shape index (κ1) is 15.3. The number of hydrogen-bond donors (Lipinski definition) is 1. The lowest BCUT2D eigenvalue weighted by Gasteiger charge is -2.46. The monoisotopic (exact) mass is 311 g/mol. The van der Waals surface area contributed by atoms with Gasteiger partial charge in [0.05, 0.1) is 10.6 Å². The molecule has 1 aliphatic carbocycles. The van der Waals surface area contributed by atoms with E-state index in [1.54, 1.807) is 6.07 Å². The summed E-state index contributed by atoms with van der Waals surface area (Å²) in [5.41, 5.74) is 0.271. The number of fused-ring (bicyclic) bond motifs is 1. The van der Waals surface area contributed by atoms with Crippen molar-refractivity contribution in [2.24, 2.45) is 11.3 Å². The van der Waals surface area contributed by atoms with Gasteiger partial charge in [-0.05, 0) is 56.9 Å². The first-order valence-electron chi connectivity index (χ1n) is 7.65. The molecule has 0 bridgehead atoms. The lowest BCUT2D eigenvalue weighted by Crippen LogP contribution is -2.49. The molecular weight excluding hydrogens is 289 g/mol. The number of rotatable bonds is 1. The van der Waals surface area contributed by atoms with Crippen molar-refractivity contribution in [1.29, 1.82) is 0 Å². The summed E-state index contributed by atoms with van der Waals surface area (Å²) in [6.07, 6.45) is 2.58. The van der Waals surface area contributed by atoms with Crippen molar-refractivity contribution < 1.29 is 9.50 Å². The summed E-state index contributed by atoms with van der Waals surface area (Å²) >= 11 is 6.25. The van der Waals surface area contributed by atoms with Crippen LogP contribution in [0.25, 0.3) is 0 Å². The van der Waals surface area contributed by atoms with Gasteiger partial charge in [-0.2, -0.15) is 0 Å². The van der Waals surface area contributed by atoms with E-state index in [1.807, 2.05) is 0 Å². The van der Waals surface area contributed by atoms with Crippen LogP contribution < -0.4 is 0 Å². The van der Waals surface area contributed by atoms with Crippen LogP contribution in [0.4, 0.5) is 4.39 Å². The second-order valence-corrected chi connectivity index (χ2v) is 7.68. The van der Waals surface area contributed by atoms with Crippen LogP contribution in [0.15, 0.2) is 12.1 Å². The number of benzene rings is 1. The van der Waals surface area contributed by atoms with Crippen molar-refractivity contribution in [2.45, 2.75) is 38.7 Å². The van der Waals surface area contributed by atoms with Gasteiger partial charge >= 0.3 is 0 Å². The summed E-state index contributed by atoms with van der Waals surface area (Å²) in [5.74, 6) is -0.302. The fourth-order valence-electron chi connectivity index (χ4n) is 4.28. The van der Waals surface area contributed by atoms with Crippen molar-refractivity contribution in [1.82, 2.24) is 4.90 Å². The SMILES string of the molecule is CN1CCC(C2(O)c3c(ccc(F)c3Cl)CC2(C)C)CC1. The van der Waals surface area contributed by atoms with Gasteiger partial charge in [-0.15, -0.1) is 0 Å². The van der Waals surface area contributed by atoms with Gasteiger partial charge in [0.1, 0.15) is 5.82 Å². The number of likely N-dealkylation sites (tertiary alicyclic amines) is 1. The molecule has 1 aliphatic heterocycles. The third kappa shape index (κ3) is 2.13. The third-order valence-electron chi connectivity index (χ3n) is 5.54.